The quantitative estimate of drug-likeness (QED) is 0.605. The van der Waals surface area contributed by atoms with Gasteiger partial charge in [-0.3, -0.25) is 0 Å². The van der Waals surface area contributed by atoms with Crippen molar-refractivity contribution in [3.8, 4) is 5.75 Å². The highest BCUT2D eigenvalue weighted by Gasteiger charge is 2.09. The molecule has 1 rings (SSSR count). The molecule has 0 aliphatic heterocycles. The van der Waals surface area contributed by atoms with Crippen LogP contribution in [0.15, 0.2) is 18.2 Å². The minimum absolute atomic E-state index is 0.142. The first-order chi connectivity index (χ1) is 6.19. The maximum atomic E-state index is 12.9. The van der Waals surface area contributed by atoms with E-state index < -0.39 is 10.6 Å². The number of halogens is 2. The third-order valence-electron chi connectivity index (χ3n) is 1.61. The second-order valence-electron chi connectivity index (χ2n) is 2.43. The van der Waals surface area contributed by atoms with Gasteiger partial charge in [-0.15, -0.1) is 0 Å². The molecule has 4 heteroatoms. The molecule has 1 aromatic rings. The number of hydrogen-bond donors (Lipinski definition) is 0. The first kappa shape index (κ1) is 10.2. The third kappa shape index (κ3) is 2.28. The molecule has 1 aromatic carbocycles. The summed E-state index contributed by atoms with van der Waals surface area (Å²) in [6, 6.07) is 4.29. The standard InChI is InChI=1S/C9H8BrFO2/c1-13-9-4-6(7(10)5-12)2-3-8(9)11/h2-5,7H,1H3. The predicted molar refractivity (Wildman–Crippen MR) is 50.7 cm³/mol. The van der Waals surface area contributed by atoms with Crippen LogP contribution in [0.4, 0.5) is 4.39 Å². The molecule has 0 saturated heterocycles. The molecular weight excluding hydrogens is 239 g/mol. The summed E-state index contributed by atoms with van der Waals surface area (Å²) in [7, 11) is 1.38. The van der Waals surface area contributed by atoms with Gasteiger partial charge in [0.05, 0.1) is 11.9 Å². The van der Waals surface area contributed by atoms with E-state index in [2.05, 4.69) is 15.9 Å². The van der Waals surface area contributed by atoms with E-state index in [9.17, 15) is 9.18 Å². The Morgan fingerprint density at radius 3 is 2.85 bits per heavy atom. The van der Waals surface area contributed by atoms with Gasteiger partial charge in [0.15, 0.2) is 11.6 Å². The zero-order chi connectivity index (χ0) is 9.84. The number of ether oxygens (including phenoxy) is 1. The highest BCUT2D eigenvalue weighted by atomic mass is 79.9. The lowest BCUT2D eigenvalue weighted by Crippen LogP contribution is -1.94. The van der Waals surface area contributed by atoms with Gasteiger partial charge in [0.2, 0.25) is 0 Å². The molecule has 2 nitrogen and oxygen atoms in total. The number of benzene rings is 1. The van der Waals surface area contributed by atoms with Crippen LogP contribution in [0.3, 0.4) is 0 Å². The van der Waals surface area contributed by atoms with E-state index >= 15 is 0 Å². The van der Waals surface area contributed by atoms with Gasteiger partial charge in [-0.25, -0.2) is 4.39 Å². The summed E-state index contributed by atoms with van der Waals surface area (Å²) < 4.78 is 17.7. The van der Waals surface area contributed by atoms with Crippen molar-refractivity contribution >= 4 is 22.2 Å². The van der Waals surface area contributed by atoms with Gasteiger partial charge < -0.3 is 9.53 Å². The molecule has 0 fully saturated rings. The number of hydrogen-bond acceptors (Lipinski definition) is 2. The minimum atomic E-state index is -0.433. The molecule has 1 unspecified atom stereocenters. The fraction of sp³-hybridized carbons (Fsp3) is 0.222. The van der Waals surface area contributed by atoms with Crippen LogP contribution in [0.2, 0.25) is 0 Å². The summed E-state index contributed by atoms with van der Waals surface area (Å²) in [5.74, 6) is -0.291. The van der Waals surface area contributed by atoms with E-state index in [1.54, 1.807) is 0 Å². The van der Waals surface area contributed by atoms with Crippen LogP contribution >= 0.6 is 15.9 Å². The first-order valence-electron chi connectivity index (χ1n) is 3.62. The summed E-state index contributed by atoms with van der Waals surface area (Å²) in [5, 5.41) is 0. The summed E-state index contributed by atoms with van der Waals surface area (Å²) in [4.78, 5) is 9.99. The van der Waals surface area contributed by atoms with Crippen LogP contribution in [-0.2, 0) is 4.79 Å². The topological polar surface area (TPSA) is 26.3 Å². The van der Waals surface area contributed by atoms with Gasteiger partial charge in [0, 0.05) is 0 Å². The summed E-state index contributed by atoms with van der Waals surface area (Å²) in [5.41, 5.74) is 0.674. The van der Waals surface area contributed by atoms with E-state index in [1.807, 2.05) is 0 Å². The Balaban J connectivity index is 3.05. The van der Waals surface area contributed by atoms with Crippen molar-refractivity contribution < 1.29 is 13.9 Å². The van der Waals surface area contributed by atoms with Crippen molar-refractivity contribution in [3.05, 3.63) is 29.6 Å². The molecule has 0 aliphatic rings. The van der Waals surface area contributed by atoms with Crippen molar-refractivity contribution in [2.24, 2.45) is 0 Å². The number of rotatable bonds is 3. The Bertz CT molecular complexity index is 314. The van der Waals surface area contributed by atoms with E-state index in [0.717, 1.165) is 6.29 Å². The SMILES string of the molecule is COc1cc(C(Br)C=O)ccc1F. The smallest absolute Gasteiger partial charge is 0.165 e. The van der Waals surface area contributed by atoms with Crippen molar-refractivity contribution in [1.82, 2.24) is 0 Å². The molecule has 0 heterocycles. The van der Waals surface area contributed by atoms with Crippen LogP contribution < -0.4 is 4.74 Å². The number of aldehydes is 1. The maximum absolute atomic E-state index is 12.9. The molecular formula is C9H8BrFO2. The molecule has 0 N–H and O–H groups in total. The van der Waals surface area contributed by atoms with Crippen LogP contribution in [0.5, 0.6) is 5.75 Å². The second kappa shape index (κ2) is 4.37. The molecule has 13 heavy (non-hydrogen) atoms. The molecule has 1 atom stereocenters. The Morgan fingerprint density at radius 1 is 1.62 bits per heavy atom. The molecule has 0 amide bonds. The van der Waals surface area contributed by atoms with Gasteiger partial charge in [0.25, 0.3) is 0 Å². The van der Waals surface area contributed by atoms with Gasteiger partial charge >= 0.3 is 0 Å². The number of carbonyl (C=O) groups is 1. The van der Waals surface area contributed by atoms with Crippen molar-refractivity contribution in [1.29, 1.82) is 0 Å². The van der Waals surface area contributed by atoms with Crippen LogP contribution in [0.1, 0.15) is 10.4 Å². The van der Waals surface area contributed by atoms with Gasteiger partial charge in [0.1, 0.15) is 6.29 Å². The van der Waals surface area contributed by atoms with Crippen LogP contribution in [0.25, 0.3) is 0 Å². The van der Waals surface area contributed by atoms with E-state index in [1.165, 1.54) is 25.3 Å². The van der Waals surface area contributed by atoms with Gasteiger partial charge in [-0.1, -0.05) is 22.0 Å². The largest absolute Gasteiger partial charge is 0.494 e. The molecule has 0 saturated carbocycles. The molecule has 0 bridgehead atoms. The fourth-order valence-electron chi connectivity index (χ4n) is 0.926. The Kier molecular flexibility index (Phi) is 3.42. The van der Waals surface area contributed by atoms with Crippen molar-refractivity contribution in [2.45, 2.75) is 4.83 Å². The highest BCUT2D eigenvalue weighted by molar-refractivity contribution is 9.09. The van der Waals surface area contributed by atoms with Crippen molar-refractivity contribution in [3.63, 3.8) is 0 Å². The minimum Gasteiger partial charge on any atom is -0.494 e. The monoisotopic (exact) mass is 246 g/mol. The maximum Gasteiger partial charge on any atom is 0.165 e. The normalized spacial score (nSPS) is 12.2. The van der Waals surface area contributed by atoms with E-state index in [-0.39, 0.29) is 5.75 Å². The number of carbonyl (C=O) groups excluding carboxylic acids is 1. The average molecular weight is 247 g/mol. The summed E-state index contributed by atoms with van der Waals surface area (Å²) in [6.07, 6.45) is 0.729. The molecule has 0 spiro atoms. The molecule has 0 aromatic heterocycles. The second-order valence-corrected chi connectivity index (χ2v) is 3.42. The Labute approximate surface area is 83.8 Å². The Morgan fingerprint density at radius 2 is 2.31 bits per heavy atom. The van der Waals surface area contributed by atoms with Crippen LogP contribution in [-0.4, -0.2) is 13.4 Å². The van der Waals surface area contributed by atoms with E-state index in [4.69, 9.17) is 4.74 Å². The zero-order valence-corrected chi connectivity index (χ0v) is 8.55. The summed E-state index contributed by atoms with van der Waals surface area (Å²) >= 11 is 3.13. The number of alkyl halides is 1. The lowest BCUT2D eigenvalue weighted by Gasteiger charge is -2.06. The fourth-order valence-corrected chi connectivity index (χ4v) is 1.21. The average Bonchev–Trinajstić information content (AvgIpc) is 2.17. The first-order valence-corrected chi connectivity index (χ1v) is 4.53. The third-order valence-corrected chi connectivity index (χ3v) is 2.36. The van der Waals surface area contributed by atoms with Gasteiger partial charge in [-0.05, 0) is 17.7 Å². The zero-order valence-electron chi connectivity index (χ0n) is 6.96. The highest BCUT2D eigenvalue weighted by Crippen LogP contribution is 2.26. The van der Waals surface area contributed by atoms with Crippen molar-refractivity contribution in [2.75, 3.05) is 7.11 Å². The Hall–Kier alpha value is -0.900. The van der Waals surface area contributed by atoms with Gasteiger partial charge in [-0.2, -0.15) is 0 Å². The number of methoxy groups -OCH3 is 1. The predicted octanol–water partition coefficient (Wildman–Crippen LogP) is 2.47. The van der Waals surface area contributed by atoms with E-state index in [0.29, 0.717) is 5.56 Å². The molecule has 0 radical (unpaired) electrons. The van der Waals surface area contributed by atoms with Crippen LogP contribution in [0, 0.1) is 5.82 Å². The lowest BCUT2D eigenvalue weighted by molar-refractivity contribution is -0.107. The summed E-state index contributed by atoms with van der Waals surface area (Å²) in [6.45, 7) is 0. The molecule has 70 valence electrons. The molecule has 0 aliphatic carbocycles. The lowest BCUT2D eigenvalue weighted by atomic mass is 10.1.